The van der Waals surface area contributed by atoms with Crippen LogP contribution in [0.4, 0.5) is 5.69 Å². The summed E-state index contributed by atoms with van der Waals surface area (Å²) in [6.07, 6.45) is 3.24. The SMILES string of the molecule is Cc1ccc(S(=O)(=O)n2ccc3ccc(Br)cc32)cc1.Cc1ccc(S(=O)(=O)n2ccc3ccc(N4CCN(C)CC4)cc32)cc1. The first kappa shape index (κ1) is 32.1. The molecule has 6 aromatic rings. The molecule has 0 unspecified atom stereocenters. The van der Waals surface area contributed by atoms with E-state index in [1.807, 2.05) is 56.3 Å². The van der Waals surface area contributed by atoms with Crippen LogP contribution in [0.2, 0.25) is 0 Å². The summed E-state index contributed by atoms with van der Waals surface area (Å²) < 4.78 is 55.1. The number of aryl methyl sites for hydroxylation is 2. The Bertz CT molecular complexity index is 2230. The monoisotopic (exact) mass is 718 g/mol. The minimum absolute atomic E-state index is 0.292. The molecular formula is C35H35BrN4O4S2. The van der Waals surface area contributed by atoms with Gasteiger partial charge in [0.1, 0.15) is 0 Å². The third-order valence-electron chi connectivity index (χ3n) is 8.28. The molecule has 0 spiro atoms. The van der Waals surface area contributed by atoms with Gasteiger partial charge < -0.3 is 9.80 Å². The smallest absolute Gasteiger partial charge is 0.268 e. The van der Waals surface area contributed by atoms with E-state index < -0.39 is 20.0 Å². The van der Waals surface area contributed by atoms with Gasteiger partial charge in [-0.05, 0) is 81.6 Å². The number of aromatic nitrogens is 2. The lowest BCUT2D eigenvalue weighted by atomic mass is 10.2. The molecule has 0 amide bonds. The van der Waals surface area contributed by atoms with E-state index in [0.717, 1.165) is 63.8 Å². The van der Waals surface area contributed by atoms with E-state index in [9.17, 15) is 16.8 Å². The van der Waals surface area contributed by atoms with Crippen LogP contribution in [0.5, 0.6) is 0 Å². The Morgan fingerprint density at radius 2 is 1.02 bits per heavy atom. The van der Waals surface area contributed by atoms with E-state index in [0.29, 0.717) is 15.3 Å². The number of hydrogen-bond donors (Lipinski definition) is 0. The lowest BCUT2D eigenvalue weighted by Crippen LogP contribution is -2.44. The minimum atomic E-state index is -3.61. The first-order valence-electron chi connectivity index (χ1n) is 14.9. The van der Waals surface area contributed by atoms with Crippen LogP contribution in [-0.4, -0.2) is 62.9 Å². The summed E-state index contributed by atoms with van der Waals surface area (Å²) in [4.78, 5) is 5.22. The van der Waals surface area contributed by atoms with Gasteiger partial charge in [0.05, 0.1) is 20.8 Å². The molecule has 0 atom stereocenters. The molecule has 0 bridgehead atoms. The van der Waals surface area contributed by atoms with Crippen molar-refractivity contribution in [3.8, 4) is 0 Å². The number of likely N-dealkylation sites (N-methyl/N-ethyl adjacent to an activating group) is 1. The summed E-state index contributed by atoms with van der Waals surface area (Å²) in [5.74, 6) is 0. The number of halogens is 1. The van der Waals surface area contributed by atoms with E-state index in [1.165, 1.54) is 7.94 Å². The standard InChI is InChI=1S/C20H23N3O2S.C15H12BrNO2S/c1-16-3-7-19(8-4-16)26(24,25)23-10-9-17-5-6-18(15-20(17)23)22-13-11-21(2)12-14-22;1-11-2-6-14(7-3-11)20(18,19)17-9-8-12-4-5-13(16)10-15(12)17/h3-10,15H,11-14H2,1-2H3;2-10H,1H3. The van der Waals surface area contributed by atoms with E-state index in [4.69, 9.17) is 0 Å². The topological polar surface area (TPSA) is 84.6 Å². The van der Waals surface area contributed by atoms with Crippen LogP contribution in [0, 0.1) is 13.8 Å². The van der Waals surface area contributed by atoms with Crippen molar-refractivity contribution >= 4 is 63.5 Å². The predicted molar refractivity (Wildman–Crippen MR) is 189 cm³/mol. The second-order valence-electron chi connectivity index (χ2n) is 11.6. The van der Waals surface area contributed by atoms with Crippen LogP contribution < -0.4 is 4.90 Å². The molecule has 2 aromatic heterocycles. The summed E-state index contributed by atoms with van der Waals surface area (Å²) in [6, 6.07) is 29.2. The fourth-order valence-electron chi connectivity index (χ4n) is 5.50. The van der Waals surface area contributed by atoms with Gasteiger partial charge in [0, 0.05) is 59.5 Å². The van der Waals surface area contributed by atoms with Crippen molar-refractivity contribution in [2.24, 2.45) is 0 Å². The fraction of sp³-hybridized carbons (Fsp3) is 0.200. The number of benzene rings is 4. The normalized spacial score (nSPS) is 14.4. The van der Waals surface area contributed by atoms with Crippen LogP contribution in [0.25, 0.3) is 21.8 Å². The number of hydrogen-bond acceptors (Lipinski definition) is 6. The maximum Gasteiger partial charge on any atom is 0.268 e. The van der Waals surface area contributed by atoms with Gasteiger partial charge in [-0.3, -0.25) is 0 Å². The molecule has 0 N–H and O–H groups in total. The van der Waals surface area contributed by atoms with E-state index in [1.54, 1.807) is 60.9 Å². The maximum absolute atomic E-state index is 13.1. The van der Waals surface area contributed by atoms with Gasteiger partial charge in [-0.25, -0.2) is 24.8 Å². The van der Waals surface area contributed by atoms with Crippen molar-refractivity contribution in [2.45, 2.75) is 23.6 Å². The highest BCUT2D eigenvalue weighted by Gasteiger charge is 2.21. The summed E-state index contributed by atoms with van der Waals surface area (Å²) in [5.41, 5.74) is 4.54. The lowest BCUT2D eigenvalue weighted by molar-refractivity contribution is 0.313. The predicted octanol–water partition coefficient (Wildman–Crippen LogP) is 6.89. The first-order valence-corrected chi connectivity index (χ1v) is 18.6. The Morgan fingerprint density at radius 3 is 1.52 bits per heavy atom. The number of rotatable bonds is 5. The highest BCUT2D eigenvalue weighted by Crippen LogP contribution is 2.28. The van der Waals surface area contributed by atoms with Gasteiger partial charge >= 0.3 is 0 Å². The Morgan fingerprint density at radius 1 is 0.565 bits per heavy atom. The highest BCUT2D eigenvalue weighted by molar-refractivity contribution is 9.10. The Labute approximate surface area is 278 Å². The zero-order valence-electron chi connectivity index (χ0n) is 25.8. The summed E-state index contributed by atoms with van der Waals surface area (Å²) in [7, 11) is -5.04. The molecule has 1 aliphatic rings. The van der Waals surface area contributed by atoms with E-state index >= 15 is 0 Å². The Balaban J connectivity index is 0.000000167. The fourth-order valence-corrected chi connectivity index (χ4v) is 8.54. The number of piperazine rings is 1. The van der Waals surface area contributed by atoms with Gasteiger partial charge in [0.25, 0.3) is 20.0 Å². The van der Waals surface area contributed by atoms with Crippen LogP contribution in [0.15, 0.2) is 124 Å². The number of fused-ring (bicyclic) bond motifs is 2. The molecule has 4 aromatic carbocycles. The molecule has 46 heavy (non-hydrogen) atoms. The average Bonchev–Trinajstić information content (AvgIpc) is 3.67. The van der Waals surface area contributed by atoms with Crippen molar-refractivity contribution in [1.82, 2.24) is 12.8 Å². The second-order valence-corrected chi connectivity index (χ2v) is 16.1. The molecule has 8 nitrogen and oxygen atoms in total. The van der Waals surface area contributed by atoms with Crippen LogP contribution in [0.3, 0.4) is 0 Å². The number of nitrogens with zero attached hydrogens (tertiary/aromatic N) is 4. The molecule has 11 heteroatoms. The van der Waals surface area contributed by atoms with Crippen molar-refractivity contribution in [3.63, 3.8) is 0 Å². The zero-order valence-corrected chi connectivity index (χ0v) is 29.1. The quantitative estimate of drug-likeness (QED) is 0.193. The molecule has 0 radical (unpaired) electrons. The van der Waals surface area contributed by atoms with Crippen molar-refractivity contribution in [3.05, 3.63) is 125 Å². The Kier molecular flexibility index (Phi) is 8.86. The van der Waals surface area contributed by atoms with E-state index in [2.05, 4.69) is 38.8 Å². The van der Waals surface area contributed by atoms with Crippen LogP contribution in [0.1, 0.15) is 11.1 Å². The molecular weight excluding hydrogens is 684 g/mol. The van der Waals surface area contributed by atoms with Crippen molar-refractivity contribution in [2.75, 3.05) is 38.1 Å². The summed E-state index contributed by atoms with van der Waals surface area (Å²) in [6.45, 7) is 7.81. The van der Waals surface area contributed by atoms with Crippen LogP contribution in [-0.2, 0) is 20.0 Å². The molecule has 1 aliphatic heterocycles. The van der Waals surface area contributed by atoms with Gasteiger partial charge in [-0.2, -0.15) is 0 Å². The van der Waals surface area contributed by atoms with Crippen molar-refractivity contribution < 1.29 is 16.8 Å². The molecule has 3 heterocycles. The summed E-state index contributed by atoms with van der Waals surface area (Å²) >= 11 is 3.38. The largest absolute Gasteiger partial charge is 0.369 e. The van der Waals surface area contributed by atoms with E-state index in [-0.39, 0.29) is 0 Å². The first-order chi connectivity index (χ1) is 21.9. The number of anilines is 1. The lowest BCUT2D eigenvalue weighted by Gasteiger charge is -2.34. The van der Waals surface area contributed by atoms with Gasteiger partial charge in [-0.1, -0.05) is 63.5 Å². The van der Waals surface area contributed by atoms with Gasteiger partial charge in [0.15, 0.2) is 0 Å². The highest BCUT2D eigenvalue weighted by atomic mass is 79.9. The maximum atomic E-state index is 13.1. The third-order valence-corrected chi connectivity index (χ3v) is 12.2. The third kappa shape index (κ3) is 6.37. The molecule has 1 fully saturated rings. The van der Waals surface area contributed by atoms with Crippen LogP contribution >= 0.6 is 15.9 Å². The van der Waals surface area contributed by atoms with Gasteiger partial charge in [0.2, 0.25) is 0 Å². The molecule has 238 valence electrons. The molecule has 7 rings (SSSR count). The molecule has 0 saturated carbocycles. The molecule has 0 aliphatic carbocycles. The average molecular weight is 720 g/mol. The Hall–Kier alpha value is -3.90. The minimum Gasteiger partial charge on any atom is -0.369 e. The zero-order chi connectivity index (χ0) is 32.6. The summed E-state index contributed by atoms with van der Waals surface area (Å²) in [5, 5.41) is 1.82. The van der Waals surface area contributed by atoms with Crippen molar-refractivity contribution in [1.29, 1.82) is 0 Å². The molecule has 1 saturated heterocycles. The second kappa shape index (κ2) is 12.7. The van der Waals surface area contributed by atoms with Gasteiger partial charge in [-0.15, -0.1) is 0 Å².